The third-order valence-electron chi connectivity index (χ3n) is 3.65. The maximum Gasteiger partial charge on any atom is 0.0951 e. The van der Waals surface area contributed by atoms with Gasteiger partial charge in [0, 0.05) is 29.8 Å². The Kier molecular flexibility index (Phi) is 3.58. The van der Waals surface area contributed by atoms with E-state index in [9.17, 15) is 0 Å². The van der Waals surface area contributed by atoms with E-state index in [1.165, 1.54) is 24.1 Å². The highest BCUT2D eigenvalue weighted by molar-refractivity contribution is 6.30. The van der Waals surface area contributed by atoms with Crippen molar-refractivity contribution in [1.29, 1.82) is 0 Å². The monoisotopic (exact) mass is 275 g/mol. The second-order valence-electron chi connectivity index (χ2n) is 5.18. The van der Waals surface area contributed by atoms with Crippen molar-refractivity contribution >= 4 is 11.6 Å². The molecule has 19 heavy (non-hydrogen) atoms. The molecule has 1 N–H and O–H groups in total. The Bertz CT molecular complexity index is 543. The SMILES string of the molecule is C[C@H](NCc1cncn1C1CC1)c1ccc(Cl)cc1. The van der Waals surface area contributed by atoms with Crippen LogP contribution < -0.4 is 5.32 Å². The lowest BCUT2D eigenvalue weighted by Crippen LogP contribution is -2.19. The number of nitrogens with zero attached hydrogens (tertiary/aromatic N) is 2. The summed E-state index contributed by atoms with van der Waals surface area (Å²) in [4.78, 5) is 4.25. The van der Waals surface area contributed by atoms with Gasteiger partial charge in [0.15, 0.2) is 0 Å². The highest BCUT2D eigenvalue weighted by Crippen LogP contribution is 2.35. The van der Waals surface area contributed by atoms with Crippen LogP contribution in [0.5, 0.6) is 0 Å². The van der Waals surface area contributed by atoms with Crippen LogP contribution in [0.3, 0.4) is 0 Å². The van der Waals surface area contributed by atoms with Crippen LogP contribution in [0.15, 0.2) is 36.8 Å². The van der Waals surface area contributed by atoms with E-state index in [1.807, 2.05) is 24.7 Å². The molecule has 3 rings (SSSR count). The normalized spacial score (nSPS) is 16.5. The van der Waals surface area contributed by atoms with E-state index in [1.54, 1.807) is 0 Å². The summed E-state index contributed by atoms with van der Waals surface area (Å²) < 4.78 is 2.29. The molecular formula is C15H18ClN3. The summed E-state index contributed by atoms with van der Waals surface area (Å²) in [6.07, 6.45) is 6.48. The molecule has 3 nitrogen and oxygen atoms in total. The molecule has 1 aliphatic carbocycles. The minimum atomic E-state index is 0.305. The molecule has 100 valence electrons. The molecule has 1 heterocycles. The van der Waals surface area contributed by atoms with Gasteiger partial charge in [-0.25, -0.2) is 4.98 Å². The molecule has 1 aromatic heterocycles. The largest absolute Gasteiger partial charge is 0.330 e. The lowest BCUT2D eigenvalue weighted by atomic mass is 10.1. The number of rotatable bonds is 5. The Labute approximate surface area is 118 Å². The van der Waals surface area contributed by atoms with E-state index in [2.05, 4.69) is 33.9 Å². The van der Waals surface area contributed by atoms with Gasteiger partial charge in [0.2, 0.25) is 0 Å². The van der Waals surface area contributed by atoms with Crippen molar-refractivity contribution < 1.29 is 0 Å². The van der Waals surface area contributed by atoms with E-state index < -0.39 is 0 Å². The van der Waals surface area contributed by atoms with Crippen molar-refractivity contribution in [3.05, 3.63) is 53.1 Å². The number of hydrogen-bond donors (Lipinski definition) is 1. The summed E-state index contributed by atoms with van der Waals surface area (Å²) in [5.74, 6) is 0. The third kappa shape index (κ3) is 2.99. The molecule has 1 aromatic carbocycles. The minimum Gasteiger partial charge on any atom is -0.330 e. The van der Waals surface area contributed by atoms with Gasteiger partial charge in [-0.3, -0.25) is 0 Å². The maximum absolute atomic E-state index is 5.91. The van der Waals surface area contributed by atoms with Crippen LogP contribution in [0, 0.1) is 0 Å². The van der Waals surface area contributed by atoms with Crippen LogP contribution in [0.4, 0.5) is 0 Å². The van der Waals surface area contributed by atoms with Gasteiger partial charge in [-0.1, -0.05) is 23.7 Å². The summed E-state index contributed by atoms with van der Waals surface area (Å²) in [6.45, 7) is 3.02. The Morgan fingerprint density at radius 1 is 1.37 bits per heavy atom. The van der Waals surface area contributed by atoms with E-state index >= 15 is 0 Å². The zero-order chi connectivity index (χ0) is 13.2. The quantitative estimate of drug-likeness (QED) is 0.901. The number of aromatic nitrogens is 2. The average molecular weight is 276 g/mol. The van der Waals surface area contributed by atoms with Crippen molar-refractivity contribution in [1.82, 2.24) is 14.9 Å². The van der Waals surface area contributed by atoms with E-state index in [-0.39, 0.29) is 0 Å². The Balaban J connectivity index is 1.62. The van der Waals surface area contributed by atoms with Gasteiger partial charge in [-0.2, -0.15) is 0 Å². The van der Waals surface area contributed by atoms with Gasteiger partial charge in [-0.15, -0.1) is 0 Å². The molecule has 0 spiro atoms. The fourth-order valence-electron chi connectivity index (χ4n) is 2.28. The highest BCUT2D eigenvalue weighted by Gasteiger charge is 2.25. The lowest BCUT2D eigenvalue weighted by molar-refractivity contribution is 0.547. The van der Waals surface area contributed by atoms with Crippen LogP contribution >= 0.6 is 11.6 Å². The number of hydrogen-bond acceptors (Lipinski definition) is 2. The number of benzene rings is 1. The first-order valence-corrected chi connectivity index (χ1v) is 7.11. The molecule has 0 amide bonds. The van der Waals surface area contributed by atoms with Gasteiger partial charge in [0.05, 0.1) is 12.0 Å². The minimum absolute atomic E-state index is 0.305. The van der Waals surface area contributed by atoms with Crippen molar-refractivity contribution in [2.45, 2.75) is 38.4 Å². The Morgan fingerprint density at radius 2 is 2.11 bits per heavy atom. The van der Waals surface area contributed by atoms with Crippen LogP contribution in [-0.4, -0.2) is 9.55 Å². The van der Waals surface area contributed by atoms with E-state index in [0.29, 0.717) is 12.1 Å². The Hall–Kier alpha value is -1.32. The summed E-state index contributed by atoms with van der Waals surface area (Å²) >= 11 is 5.91. The lowest BCUT2D eigenvalue weighted by Gasteiger charge is -2.15. The van der Waals surface area contributed by atoms with Crippen LogP contribution in [0.2, 0.25) is 5.02 Å². The molecule has 4 heteroatoms. The third-order valence-corrected chi connectivity index (χ3v) is 3.90. The van der Waals surface area contributed by atoms with Crippen molar-refractivity contribution in [2.75, 3.05) is 0 Å². The second kappa shape index (κ2) is 5.35. The molecule has 1 atom stereocenters. The fraction of sp³-hybridized carbons (Fsp3) is 0.400. The Morgan fingerprint density at radius 3 is 2.79 bits per heavy atom. The van der Waals surface area contributed by atoms with Crippen molar-refractivity contribution in [3.8, 4) is 0 Å². The molecule has 0 unspecified atom stereocenters. The zero-order valence-corrected chi connectivity index (χ0v) is 11.8. The maximum atomic E-state index is 5.91. The van der Waals surface area contributed by atoms with Crippen LogP contribution in [-0.2, 0) is 6.54 Å². The zero-order valence-electron chi connectivity index (χ0n) is 11.0. The predicted octanol–water partition coefficient (Wildman–Crippen LogP) is 3.72. The first-order chi connectivity index (χ1) is 9.24. The molecule has 0 radical (unpaired) electrons. The molecule has 1 fully saturated rings. The molecule has 1 saturated carbocycles. The molecule has 0 saturated heterocycles. The molecule has 2 aromatic rings. The van der Waals surface area contributed by atoms with Gasteiger partial charge in [0.1, 0.15) is 0 Å². The van der Waals surface area contributed by atoms with Gasteiger partial charge in [-0.05, 0) is 37.5 Å². The average Bonchev–Trinajstić information content (AvgIpc) is 3.16. The first kappa shape index (κ1) is 12.7. The highest BCUT2D eigenvalue weighted by atomic mass is 35.5. The van der Waals surface area contributed by atoms with E-state index in [0.717, 1.165) is 11.6 Å². The standard InChI is InChI=1S/C15H18ClN3/c1-11(12-2-4-13(16)5-3-12)18-9-15-8-17-10-19(15)14-6-7-14/h2-5,8,10-11,14,18H,6-7,9H2,1H3/t11-/m0/s1. The van der Waals surface area contributed by atoms with Crippen molar-refractivity contribution in [2.24, 2.45) is 0 Å². The first-order valence-electron chi connectivity index (χ1n) is 6.73. The van der Waals surface area contributed by atoms with Crippen LogP contribution in [0.1, 0.15) is 43.1 Å². The summed E-state index contributed by atoms with van der Waals surface area (Å²) in [7, 11) is 0. The van der Waals surface area contributed by atoms with Gasteiger partial charge in [0.25, 0.3) is 0 Å². The number of imidazole rings is 1. The molecular weight excluding hydrogens is 258 g/mol. The number of nitrogens with one attached hydrogen (secondary N) is 1. The summed E-state index contributed by atoms with van der Waals surface area (Å²) in [5, 5.41) is 4.32. The van der Waals surface area contributed by atoms with Gasteiger partial charge < -0.3 is 9.88 Å². The molecule has 1 aliphatic rings. The second-order valence-corrected chi connectivity index (χ2v) is 5.61. The molecule has 0 bridgehead atoms. The van der Waals surface area contributed by atoms with Crippen molar-refractivity contribution in [3.63, 3.8) is 0 Å². The fourth-order valence-corrected chi connectivity index (χ4v) is 2.40. The number of halogens is 1. The summed E-state index contributed by atoms with van der Waals surface area (Å²) in [5.41, 5.74) is 2.52. The van der Waals surface area contributed by atoms with Gasteiger partial charge >= 0.3 is 0 Å². The predicted molar refractivity (Wildman–Crippen MR) is 77.2 cm³/mol. The topological polar surface area (TPSA) is 29.9 Å². The summed E-state index contributed by atoms with van der Waals surface area (Å²) in [6, 6.07) is 8.99. The smallest absolute Gasteiger partial charge is 0.0951 e. The van der Waals surface area contributed by atoms with E-state index in [4.69, 9.17) is 11.6 Å². The molecule has 0 aliphatic heterocycles. The van der Waals surface area contributed by atoms with Crippen LogP contribution in [0.25, 0.3) is 0 Å².